The molecule has 1 aliphatic heterocycles. The molecule has 1 aromatic heterocycles. The van der Waals surface area contributed by atoms with Crippen molar-refractivity contribution in [3.63, 3.8) is 0 Å². The first-order valence-electron chi connectivity index (χ1n) is 10.8. The van der Waals surface area contributed by atoms with E-state index < -0.39 is 6.04 Å². The van der Waals surface area contributed by atoms with Crippen LogP contribution in [0.4, 0.5) is 5.69 Å². The molecule has 170 valence electrons. The van der Waals surface area contributed by atoms with Crippen molar-refractivity contribution in [2.75, 3.05) is 19.1 Å². The molecule has 2 atom stereocenters. The van der Waals surface area contributed by atoms with Crippen LogP contribution in [-0.4, -0.2) is 53.0 Å². The van der Waals surface area contributed by atoms with Gasteiger partial charge in [0.25, 0.3) is 0 Å². The van der Waals surface area contributed by atoms with Gasteiger partial charge in [-0.2, -0.15) is 0 Å². The second-order valence-corrected chi connectivity index (χ2v) is 8.86. The highest BCUT2D eigenvalue weighted by atomic mass is 16.5. The molecule has 0 spiro atoms. The molecule has 0 fully saturated rings. The monoisotopic (exact) mass is 428 g/mol. The van der Waals surface area contributed by atoms with E-state index >= 15 is 0 Å². The molecule has 7 nitrogen and oxygen atoms in total. The maximum atomic E-state index is 13.1. The fourth-order valence-electron chi connectivity index (χ4n) is 3.29. The quantitative estimate of drug-likeness (QED) is 0.708. The molecule has 31 heavy (non-hydrogen) atoms. The van der Waals surface area contributed by atoms with E-state index in [1.807, 2.05) is 51.2 Å². The Kier molecular flexibility index (Phi) is 8.39. The number of hydrogen-bond donors (Lipinski definition) is 1. The van der Waals surface area contributed by atoms with Crippen molar-refractivity contribution in [2.45, 2.75) is 71.6 Å². The molecule has 2 unspecified atom stereocenters. The third-order valence-electron chi connectivity index (χ3n) is 5.44. The lowest BCUT2D eigenvalue weighted by atomic mass is 10.1. The average Bonchev–Trinajstić information content (AvgIpc) is 3.36. The van der Waals surface area contributed by atoms with Gasteiger partial charge < -0.3 is 14.6 Å². The summed E-state index contributed by atoms with van der Waals surface area (Å²) in [4.78, 5) is 35.3. The zero-order valence-corrected chi connectivity index (χ0v) is 19.8. The summed E-state index contributed by atoms with van der Waals surface area (Å²) in [5.41, 5.74) is 3.14. The van der Waals surface area contributed by atoms with Crippen molar-refractivity contribution in [1.29, 1.82) is 0 Å². The topological polar surface area (TPSA) is 78.5 Å². The molecular formula is C24H36N4O3. The largest absolute Gasteiger partial charge is 0.379 e. The maximum Gasteiger partial charge on any atom is 0.250 e. The number of ether oxygens (including phenoxy) is 1. The van der Waals surface area contributed by atoms with Gasteiger partial charge >= 0.3 is 0 Å². The number of benzene rings is 1. The molecule has 1 N–H and O–H groups in total. The maximum absolute atomic E-state index is 13.1. The second-order valence-electron chi connectivity index (χ2n) is 8.86. The minimum Gasteiger partial charge on any atom is -0.379 e. The van der Waals surface area contributed by atoms with E-state index in [4.69, 9.17) is 4.74 Å². The number of carbonyl (C=O) groups excluding carboxylic acids is 2. The van der Waals surface area contributed by atoms with Crippen LogP contribution in [0.25, 0.3) is 0 Å². The number of H-pyrrole nitrogens is 1. The van der Waals surface area contributed by atoms with Crippen LogP contribution in [0.5, 0.6) is 0 Å². The number of carbonyl (C=O) groups is 2. The van der Waals surface area contributed by atoms with Gasteiger partial charge in [-0.25, -0.2) is 4.98 Å². The summed E-state index contributed by atoms with van der Waals surface area (Å²) in [6.07, 6.45) is 5.23. The van der Waals surface area contributed by atoms with E-state index in [2.05, 4.69) is 16.9 Å². The summed E-state index contributed by atoms with van der Waals surface area (Å²) in [5.74, 6) is 0.701. The normalized spacial score (nSPS) is 16.2. The lowest BCUT2D eigenvalue weighted by Gasteiger charge is -2.29. The van der Waals surface area contributed by atoms with Crippen LogP contribution < -0.4 is 4.90 Å². The summed E-state index contributed by atoms with van der Waals surface area (Å²) in [5, 5.41) is 0. The van der Waals surface area contributed by atoms with Gasteiger partial charge in [0.2, 0.25) is 12.3 Å². The summed E-state index contributed by atoms with van der Waals surface area (Å²) in [6.45, 7) is 9.94. The Bertz CT molecular complexity index is 872. The number of imidazole rings is 1. The lowest BCUT2D eigenvalue weighted by Crippen LogP contribution is -2.46. The first kappa shape index (κ1) is 24.6. The molecule has 0 radical (unpaired) electrons. The molecule has 0 bridgehead atoms. The molecule has 2 aromatic rings. The molecule has 2 heterocycles. The molecule has 0 aliphatic carbocycles. The number of likely N-dealkylation sites (N-methyl/N-ethyl adjacent to an activating group) is 1. The molecule has 1 aromatic carbocycles. The Morgan fingerprint density at radius 1 is 1.39 bits per heavy atom. The predicted molar refractivity (Wildman–Crippen MR) is 123 cm³/mol. The van der Waals surface area contributed by atoms with Crippen LogP contribution in [0.1, 0.15) is 64.2 Å². The highest BCUT2D eigenvalue weighted by Crippen LogP contribution is 2.40. The Labute approximate surface area is 185 Å². The number of aryl methyl sites for hydroxylation is 1. The lowest BCUT2D eigenvalue weighted by molar-refractivity contribution is -0.129. The van der Waals surface area contributed by atoms with Gasteiger partial charge in [0.1, 0.15) is 11.9 Å². The molecular weight excluding hydrogens is 392 g/mol. The Morgan fingerprint density at radius 2 is 2.03 bits per heavy atom. The third kappa shape index (κ3) is 6.17. The highest BCUT2D eigenvalue weighted by molar-refractivity contribution is 6.00. The van der Waals surface area contributed by atoms with Gasteiger partial charge in [0.15, 0.2) is 0 Å². The van der Waals surface area contributed by atoms with Crippen molar-refractivity contribution in [3.8, 4) is 0 Å². The number of nitrogens with one attached hydrogen (secondary N) is 1. The van der Waals surface area contributed by atoms with Crippen LogP contribution in [-0.2, 0) is 27.2 Å². The fraction of sp³-hybridized carbons (Fsp3) is 0.542. The molecule has 7 heteroatoms. The summed E-state index contributed by atoms with van der Waals surface area (Å²) in [6, 6.07) is 7.21. The van der Waals surface area contributed by atoms with Crippen molar-refractivity contribution in [2.24, 2.45) is 0 Å². The first-order valence-corrected chi connectivity index (χ1v) is 10.8. The van der Waals surface area contributed by atoms with Gasteiger partial charge in [-0.15, -0.1) is 0 Å². The zero-order chi connectivity index (χ0) is 23.2. The minimum absolute atomic E-state index is 0.0417. The van der Waals surface area contributed by atoms with Crippen molar-refractivity contribution in [3.05, 3.63) is 47.5 Å². The van der Waals surface area contributed by atoms with E-state index in [1.165, 1.54) is 4.90 Å². The van der Waals surface area contributed by atoms with Crippen molar-refractivity contribution >= 4 is 18.0 Å². The number of para-hydroxylation sites is 1. The van der Waals surface area contributed by atoms with E-state index in [0.29, 0.717) is 6.41 Å². The molecule has 0 saturated carbocycles. The van der Waals surface area contributed by atoms with Gasteiger partial charge in [-0.3, -0.25) is 14.5 Å². The smallest absolute Gasteiger partial charge is 0.250 e. The number of amides is 2. The molecule has 1 aliphatic rings. The first-order chi connectivity index (χ1) is 14.6. The number of fused-ring (bicyclic) bond motifs is 1. The number of anilines is 1. The number of hydrogen-bond acceptors (Lipinski definition) is 4. The summed E-state index contributed by atoms with van der Waals surface area (Å²) < 4.78 is 4.94. The minimum atomic E-state index is -0.531. The number of methoxy groups -OCH3 is 1. The average molecular weight is 429 g/mol. The van der Waals surface area contributed by atoms with E-state index in [9.17, 15) is 9.59 Å². The number of aromatic nitrogens is 2. The molecule has 3 rings (SSSR count). The zero-order valence-electron chi connectivity index (χ0n) is 19.8. The summed E-state index contributed by atoms with van der Waals surface area (Å²) in [7, 11) is 3.33. The highest BCUT2D eigenvalue weighted by Gasteiger charge is 2.38. The predicted octanol–water partition coefficient (Wildman–Crippen LogP) is 3.90. The standard InChI is InChI=1S/C19H24N4O2.C5H12O/c1-4-7-15-11-20-18(21-15)17-10-14-8-5-6-9-16(14)23(17)19(25)13(2)22(3)12-24;1-5(2,3)6-4/h5-6,8-9,11-13,17H,4,7,10H2,1-3H3,(H,20,21);1-4H3. The second kappa shape index (κ2) is 10.6. The van der Waals surface area contributed by atoms with Crippen LogP contribution in [0, 0.1) is 0 Å². The Balaban J connectivity index is 0.000000501. The number of aromatic amines is 1. The van der Waals surface area contributed by atoms with Gasteiger partial charge in [-0.05, 0) is 45.7 Å². The van der Waals surface area contributed by atoms with Crippen LogP contribution in [0.2, 0.25) is 0 Å². The SMILES string of the molecule is CCCc1cnc(C2Cc3ccccc3N2C(=O)C(C)N(C)C=O)[nH]1.COC(C)(C)C. The Morgan fingerprint density at radius 3 is 2.61 bits per heavy atom. The number of nitrogens with zero attached hydrogens (tertiary/aromatic N) is 3. The van der Waals surface area contributed by atoms with Crippen molar-refractivity contribution in [1.82, 2.24) is 14.9 Å². The number of rotatable bonds is 6. The van der Waals surface area contributed by atoms with Gasteiger partial charge in [0.05, 0.1) is 11.6 Å². The van der Waals surface area contributed by atoms with Crippen LogP contribution >= 0.6 is 0 Å². The summed E-state index contributed by atoms with van der Waals surface area (Å²) >= 11 is 0. The molecule has 0 saturated heterocycles. The van der Waals surface area contributed by atoms with Crippen LogP contribution in [0.15, 0.2) is 30.5 Å². The molecule has 2 amide bonds. The third-order valence-corrected chi connectivity index (χ3v) is 5.44. The van der Waals surface area contributed by atoms with Gasteiger partial charge in [0, 0.05) is 38.2 Å². The van der Waals surface area contributed by atoms with E-state index in [-0.39, 0.29) is 17.6 Å². The fourth-order valence-corrected chi connectivity index (χ4v) is 3.29. The Hall–Kier alpha value is -2.67. The van der Waals surface area contributed by atoms with Crippen LogP contribution in [0.3, 0.4) is 0 Å². The van der Waals surface area contributed by atoms with Gasteiger partial charge in [-0.1, -0.05) is 31.5 Å². The van der Waals surface area contributed by atoms with E-state index in [0.717, 1.165) is 42.0 Å². The van der Waals surface area contributed by atoms with E-state index in [1.54, 1.807) is 26.0 Å². The van der Waals surface area contributed by atoms with Crippen molar-refractivity contribution < 1.29 is 14.3 Å².